The highest BCUT2D eigenvalue weighted by Crippen LogP contribution is 2.28. The van der Waals surface area contributed by atoms with Crippen molar-refractivity contribution in [2.45, 2.75) is 31.9 Å². The van der Waals surface area contributed by atoms with Gasteiger partial charge in [-0.3, -0.25) is 4.79 Å². The monoisotopic (exact) mass is 530 g/mol. The largest absolute Gasteiger partial charge is 0.384 e. The molecule has 1 saturated heterocycles. The van der Waals surface area contributed by atoms with Crippen LogP contribution in [0.3, 0.4) is 0 Å². The van der Waals surface area contributed by atoms with Gasteiger partial charge in [-0.2, -0.15) is 4.98 Å². The van der Waals surface area contributed by atoms with Crippen molar-refractivity contribution < 1.29 is 9.50 Å². The molecule has 6 rings (SSSR count). The van der Waals surface area contributed by atoms with Crippen molar-refractivity contribution in [2.24, 2.45) is 0 Å². The van der Waals surface area contributed by atoms with E-state index in [2.05, 4.69) is 49.2 Å². The Balaban J connectivity index is 1.38. The quantitative estimate of drug-likeness (QED) is 0.416. The molecule has 2 aliphatic rings. The first-order valence-electron chi connectivity index (χ1n) is 13.1. The molecule has 2 aliphatic heterocycles. The lowest BCUT2D eigenvalue weighted by molar-refractivity contribution is 0.0442. The van der Waals surface area contributed by atoms with E-state index >= 15 is 0 Å². The number of hydrogen-bond acceptors (Lipinski definition) is 8. The van der Waals surface area contributed by atoms with Crippen molar-refractivity contribution >= 4 is 28.4 Å². The number of rotatable bonds is 3. The van der Waals surface area contributed by atoms with Crippen LogP contribution >= 0.6 is 0 Å². The zero-order valence-corrected chi connectivity index (χ0v) is 22.0. The summed E-state index contributed by atoms with van der Waals surface area (Å²) in [5.41, 5.74) is 1.01. The average molecular weight is 531 g/mol. The van der Waals surface area contributed by atoms with Crippen LogP contribution in [0, 0.1) is 0 Å². The third kappa shape index (κ3) is 4.90. The number of halogens is 1. The summed E-state index contributed by atoms with van der Waals surface area (Å²) in [4.78, 5) is 31.7. The smallest absolute Gasteiger partial charge is 0.278 e. The number of allylic oxidation sites excluding steroid dienone is 2. The molecule has 3 aromatic heterocycles. The molecule has 10 nitrogen and oxygen atoms in total. The molecule has 4 aromatic rings. The Morgan fingerprint density at radius 2 is 1.82 bits per heavy atom. The van der Waals surface area contributed by atoms with Gasteiger partial charge in [0, 0.05) is 43.8 Å². The predicted octanol–water partition coefficient (Wildman–Crippen LogP) is 3.33. The highest BCUT2D eigenvalue weighted by molar-refractivity contribution is 5.77. The summed E-state index contributed by atoms with van der Waals surface area (Å²) in [6, 6.07) is 13.3. The van der Waals surface area contributed by atoms with Gasteiger partial charge in [0.1, 0.15) is 16.8 Å². The first-order valence-corrected chi connectivity index (χ1v) is 13.1. The third-order valence-electron chi connectivity index (χ3n) is 7.47. The molecule has 1 atom stereocenters. The number of fused-ring (bicyclic) bond motifs is 6. The summed E-state index contributed by atoms with van der Waals surface area (Å²) in [5.74, 6) is 0.179. The Hall–Kier alpha value is -4.09. The molecule has 39 heavy (non-hydrogen) atoms. The van der Waals surface area contributed by atoms with Gasteiger partial charge < -0.3 is 20.2 Å². The topological polar surface area (TPSA) is 104 Å². The van der Waals surface area contributed by atoms with E-state index in [0.717, 1.165) is 37.6 Å². The van der Waals surface area contributed by atoms with E-state index in [1.807, 2.05) is 12.1 Å². The molecule has 0 unspecified atom stereocenters. The second-order valence-electron chi connectivity index (χ2n) is 10.4. The van der Waals surface area contributed by atoms with Gasteiger partial charge in [0.25, 0.3) is 5.56 Å². The van der Waals surface area contributed by atoms with Crippen LogP contribution in [0.2, 0.25) is 0 Å². The van der Waals surface area contributed by atoms with Gasteiger partial charge in [-0.25, -0.2) is 23.7 Å². The fourth-order valence-corrected chi connectivity index (χ4v) is 5.10. The van der Waals surface area contributed by atoms with E-state index in [0.29, 0.717) is 35.9 Å². The minimum atomic E-state index is -1.26. The Morgan fingerprint density at radius 1 is 1.05 bits per heavy atom. The molecule has 202 valence electrons. The van der Waals surface area contributed by atoms with Crippen molar-refractivity contribution in [1.82, 2.24) is 29.2 Å². The van der Waals surface area contributed by atoms with Crippen LogP contribution in [0.4, 0.5) is 21.7 Å². The summed E-state index contributed by atoms with van der Waals surface area (Å²) in [5, 5.41) is 14.5. The van der Waals surface area contributed by atoms with Crippen LogP contribution in [0.1, 0.15) is 25.5 Å². The summed E-state index contributed by atoms with van der Waals surface area (Å²) in [6.45, 7) is 5.41. The second kappa shape index (κ2) is 9.90. The van der Waals surface area contributed by atoms with E-state index in [4.69, 9.17) is 0 Å². The highest BCUT2D eigenvalue weighted by atomic mass is 19.1. The number of likely N-dealkylation sites (N-methyl/N-ethyl adjacent to an activating group) is 1. The Bertz CT molecular complexity index is 1600. The molecule has 0 spiro atoms. The van der Waals surface area contributed by atoms with Crippen LogP contribution in [-0.4, -0.2) is 67.5 Å². The fraction of sp³-hybridized carbons (Fsp3) is 0.357. The van der Waals surface area contributed by atoms with Crippen LogP contribution < -0.4 is 15.8 Å². The molecule has 2 N–H and O–H groups in total. The van der Waals surface area contributed by atoms with Gasteiger partial charge >= 0.3 is 0 Å². The second-order valence-corrected chi connectivity index (χ2v) is 10.4. The maximum atomic E-state index is 14.9. The van der Waals surface area contributed by atoms with E-state index in [1.165, 1.54) is 21.6 Å². The van der Waals surface area contributed by atoms with Crippen molar-refractivity contribution in [2.75, 3.05) is 43.4 Å². The molecule has 1 aromatic carbocycles. The maximum Gasteiger partial charge on any atom is 0.278 e. The molecular formula is C28H31FN8O2. The van der Waals surface area contributed by atoms with Gasteiger partial charge in [0.15, 0.2) is 11.5 Å². The van der Waals surface area contributed by atoms with Gasteiger partial charge in [-0.05, 0) is 63.2 Å². The summed E-state index contributed by atoms with van der Waals surface area (Å²) in [6.07, 6.45) is 3.46. The van der Waals surface area contributed by atoms with E-state index < -0.39 is 17.0 Å². The molecule has 0 aliphatic carbocycles. The fourth-order valence-electron chi connectivity index (χ4n) is 5.10. The first-order chi connectivity index (χ1) is 18.8. The molecule has 0 radical (unpaired) electrons. The molecule has 0 amide bonds. The number of nitrogens with zero attached hydrogens (tertiary/aromatic N) is 7. The lowest BCUT2D eigenvalue weighted by atomic mass is 9.95. The maximum absolute atomic E-state index is 14.9. The van der Waals surface area contributed by atoms with Crippen molar-refractivity contribution in [3.05, 3.63) is 76.6 Å². The normalized spacial score (nSPS) is 21.6. The van der Waals surface area contributed by atoms with E-state index in [9.17, 15) is 14.3 Å². The van der Waals surface area contributed by atoms with Gasteiger partial charge in [0.2, 0.25) is 5.95 Å². The van der Waals surface area contributed by atoms with Crippen LogP contribution in [0.25, 0.3) is 16.9 Å². The lowest BCUT2D eigenvalue weighted by Gasteiger charge is -2.34. The number of aliphatic hydroxyl groups is 1. The van der Waals surface area contributed by atoms with E-state index in [-0.39, 0.29) is 11.9 Å². The standard InChI is InChI=1S/C28H31FN8O2/c1-28(39)12-4-5-19(29)18-36-26(38)22-17-30-27(33-25(22)37(36)24-7-3-6-23(28)32-24)31-20-8-10-21(11-9-20)35-15-13-34(2)14-16-35/h3,5-11,17,39H,4,12-16,18H2,1-2H3,(H,30,31,33)/b19-5+/t28-/m1/s1. The minimum absolute atomic E-state index is 0.245. The van der Waals surface area contributed by atoms with Crippen molar-refractivity contribution in [3.8, 4) is 5.82 Å². The van der Waals surface area contributed by atoms with Crippen LogP contribution in [0.15, 0.2) is 65.4 Å². The minimum Gasteiger partial charge on any atom is -0.384 e. The number of aromatic nitrogens is 5. The number of pyridine rings is 1. The third-order valence-corrected chi connectivity index (χ3v) is 7.47. The molecule has 1 fully saturated rings. The SMILES string of the molecule is CN1CCN(c2ccc(Nc3ncc4c(=O)n5n(c4n3)-c3cccc(n3)[C@](C)(O)CC/C=C(/F)C5)cc2)CC1. The Labute approximate surface area is 225 Å². The lowest BCUT2D eigenvalue weighted by Crippen LogP contribution is -2.44. The summed E-state index contributed by atoms with van der Waals surface area (Å²) in [7, 11) is 2.13. The Morgan fingerprint density at radius 3 is 2.59 bits per heavy atom. The molecule has 0 saturated carbocycles. The van der Waals surface area contributed by atoms with Gasteiger partial charge in [-0.1, -0.05) is 12.1 Å². The number of hydrogen-bond donors (Lipinski definition) is 2. The van der Waals surface area contributed by atoms with Crippen LogP contribution in [-0.2, 0) is 12.1 Å². The molecular weight excluding hydrogens is 499 g/mol. The Kier molecular flexibility index (Phi) is 6.40. The number of piperazine rings is 1. The summed E-state index contributed by atoms with van der Waals surface area (Å²) < 4.78 is 17.7. The van der Waals surface area contributed by atoms with Crippen molar-refractivity contribution in [1.29, 1.82) is 0 Å². The highest BCUT2D eigenvalue weighted by Gasteiger charge is 2.27. The molecule has 5 heterocycles. The van der Waals surface area contributed by atoms with E-state index in [1.54, 1.807) is 25.1 Å². The number of anilines is 3. The first kappa shape index (κ1) is 25.2. The number of nitrogens with one attached hydrogen (secondary N) is 1. The predicted molar refractivity (Wildman–Crippen MR) is 148 cm³/mol. The van der Waals surface area contributed by atoms with Crippen molar-refractivity contribution in [3.63, 3.8) is 0 Å². The average Bonchev–Trinajstić information content (AvgIpc) is 3.19. The zero-order valence-electron chi connectivity index (χ0n) is 22.0. The van der Waals surface area contributed by atoms with Gasteiger partial charge in [0.05, 0.1) is 12.2 Å². The van der Waals surface area contributed by atoms with Crippen LogP contribution in [0.5, 0.6) is 0 Å². The number of benzene rings is 1. The zero-order chi connectivity index (χ0) is 27.1. The summed E-state index contributed by atoms with van der Waals surface area (Å²) >= 11 is 0. The molecule has 11 heteroatoms. The molecule has 2 bridgehead atoms. The van der Waals surface area contributed by atoms with Gasteiger partial charge in [-0.15, -0.1) is 0 Å².